The third kappa shape index (κ3) is 6.01. The zero-order valence-corrected chi connectivity index (χ0v) is 24.1. The first-order valence-corrected chi connectivity index (χ1v) is 14.5. The summed E-state index contributed by atoms with van der Waals surface area (Å²) in [6, 6.07) is 19.0. The van der Waals surface area contributed by atoms with Crippen molar-refractivity contribution in [3.05, 3.63) is 113 Å². The highest BCUT2D eigenvalue weighted by atomic mass is 19.1. The van der Waals surface area contributed by atoms with Crippen molar-refractivity contribution in [2.75, 3.05) is 49.2 Å². The maximum Gasteiger partial charge on any atom is 0.347 e. The van der Waals surface area contributed by atoms with E-state index in [1.165, 1.54) is 40.4 Å². The fourth-order valence-electron chi connectivity index (χ4n) is 5.70. The topological polar surface area (TPSA) is 116 Å². The molecule has 12 nitrogen and oxygen atoms in total. The van der Waals surface area contributed by atoms with Crippen LogP contribution in [-0.2, 0) is 21.8 Å². The van der Waals surface area contributed by atoms with E-state index in [1.807, 2.05) is 48.5 Å². The van der Waals surface area contributed by atoms with Crippen LogP contribution < -0.4 is 20.2 Å². The molecule has 7 rings (SSSR count). The Morgan fingerprint density at radius 1 is 0.911 bits per heavy atom. The van der Waals surface area contributed by atoms with Gasteiger partial charge in [0, 0.05) is 49.2 Å². The first-order valence-electron chi connectivity index (χ1n) is 14.5. The van der Waals surface area contributed by atoms with Gasteiger partial charge in [0.25, 0.3) is 0 Å². The van der Waals surface area contributed by atoms with Gasteiger partial charge in [0.2, 0.25) is 5.79 Å². The van der Waals surface area contributed by atoms with E-state index in [4.69, 9.17) is 14.2 Å². The van der Waals surface area contributed by atoms with Crippen molar-refractivity contribution >= 4 is 11.4 Å². The number of nitrogens with one attached hydrogen (secondary N) is 1. The van der Waals surface area contributed by atoms with Gasteiger partial charge in [0.15, 0.2) is 0 Å². The van der Waals surface area contributed by atoms with Crippen LogP contribution in [0, 0.1) is 11.6 Å². The Bertz CT molecular complexity index is 1790. The van der Waals surface area contributed by atoms with Gasteiger partial charge in [-0.3, -0.25) is 0 Å². The van der Waals surface area contributed by atoms with Gasteiger partial charge in [-0.2, -0.15) is 10.2 Å². The summed E-state index contributed by atoms with van der Waals surface area (Å²) in [4.78, 5) is 20.4. The molecule has 0 amide bonds. The number of aromatic nitrogens is 6. The highest BCUT2D eigenvalue weighted by Gasteiger charge is 2.46. The zero-order chi connectivity index (χ0) is 30.8. The van der Waals surface area contributed by atoms with Crippen LogP contribution in [0.25, 0.3) is 5.69 Å². The number of ether oxygens (including phenoxy) is 3. The van der Waals surface area contributed by atoms with Crippen LogP contribution in [0.15, 0.2) is 90.5 Å². The highest BCUT2D eigenvalue weighted by Crippen LogP contribution is 2.38. The van der Waals surface area contributed by atoms with Gasteiger partial charge in [-0.15, -0.1) is 0 Å². The molecule has 2 aromatic heterocycles. The van der Waals surface area contributed by atoms with Gasteiger partial charge in [-0.25, -0.2) is 32.9 Å². The van der Waals surface area contributed by atoms with Crippen LogP contribution in [0.2, 0.25) is 0 Å². The molecule has 232 valence electrons. The monoisotopic (exact) mass is 616 g/mol. The number of anilines is 2. The summed E-state index contributed by atoms with van der Waals surface area (Å²) in [7, 11) is 0. The average molecular weight is 617 g/mol. The minimum Gasteiger partial charge on any atom is -0.491 e. The molecule has 2 aliphatic rings. The lowest BCUT2D eigenvalue weighted by Gasteiger charge is -2.37. The van der Waals surface area contributed by atoms with Crippen molar-refractivity contribution < 1.29 is 23.0 Å². The van der Waals surface area contributed by atoms with Gasteiger partial charge in [-0.1, -0.05) is 0 Å². The van der Waals surface area contributed by atoms with Gasteiger partial charge in [0.05, 0.1) is 12.3 Å². The number of halogens is 2. The first-order chi connectivity index (χ1) is 22.0. The number of rotatable bonds is 9. The Morgan fingerprint density at radius 3 is 2.22 bits per heavy atom. The molecule has 4 heterocycles. The predicted octanol–water partition coefficient (Wildman–Crippen LogP) is 3.10. The number of nitrogens with zero attached hydrogens (tertiary/aromatic N) is 7. The van der Waals surface area contributed by atoms with Crippen LogP contribution in [0.1, 0.15) is 5.56 Å². The largest absolute Gasteiger partial charge is 0.491 e. The molecule has 45 heavy (non-hydrogen) atoms. The second kappa shape index (κ2) is 12.1. The molecular formula is C31H30F2N8O4. The van der Waals surface area contributed by atoms with Gasteiger partial charge in [-0.05, 0) is 60.7 Å². The minimum atomic E-state index is -1.51. The summed E-state index contributed by atoms with van der Waals surface area (Å²) in [6.07, 6.45) is 3.81. The first kappa shape index (κ1) is 28.7. The third-order valence-corrected chi connectivity index (χ3v) is 8.00. The highest BCUT2D eigenvalue weighted by molar-refractivity contribution is 5.54. The smallest absolute Gasteiger partial charge is 0.347 e. The fourth-order valence-corrected chi connectivity index (χ4v) is 5.70. The Balaban J connectivity index is 0.936. The predicted molar refractivity (Wildman–Crippen MR) is 159 cm³/mol. The van der Waals surface area contributed by atoms with Crippen molar-refractivity contribution in [3.63, 3.8) is 0 Å². The number of H-pyrrole nitrogens is 1. The molecule has 5 aromatic rings. The molecule has 2 aliphatic heterocycles. The molecular weight excluding hydrogens is 586 g/mol. The summed E-state index contributed by atoms with van der Waals surface area (Å²) in [5, 5.41) is 10.3. The maximum atomic E-state index is 14.8. The van der Waals surface area contributed by atoms with Crippen LogP contribution in [0.5, 0.6) is 5.75 Å². The number of hydrogen-bond donors (Lipinski definition) is 1. The molecule has 0 unspecified atom stereocenters. The van der Waals surface area contributed by atoms with Gasteiger partial charge < -0.3 is 24.0 Å². The lowest BCUT2D eigenvalue weighted by Crippen LogP contribution is -2.46. The van der Waals surface area contributed by atoms with Crippen molar-refractivity contribution in [1.82, 2.24) is 29.5 Å². The molecule has 3 aromatic carbocycles. The second-order valence-electron chi connectivity index (χ2n) is 10.8. The molecule has 2 atom stereocenters. The average Bonchev–Trinajstić information content (AvgIpc) is 3.83. The molecule has 14 heteroatoms. The van der Waals surface area contributed by atoms with E-state index in [1.54, 1.807) is 0 Å². The molecule has 1 N–H and O–H groups in total. The lowest BCUT2D eigenvalue weighted by molar-refractivity contribution is -0.192. The molecule has 2 fully saturated rings. The lowest BCUT2D eigenvalue weighted by atomic mass is 10.0. The minimum absolute atomic E-state index is 0.0337. The normalized spacial score (nSPS) is 20.1. The van der Waals surface area contributed by atoms with Crippen molar-refractivity contribution in [3.8, 4) is 11.4 Å². The Kier molecular flexibility index (Phi) is 7.73. The number of piperazine rings is 1. The summed E-state index contributed by atoms with van der Waals surface area (Å²) in [5.74, 6) is -2.30. The van der Waals surface area contributed by atoms with E-state index >= 15 is 0 Å². The Labute approximate surface area is 256 Å². The van der Waals surface area contributed by atoms with Crippen molar-refractivity contribution in [1.29, 1.82) is 0 Å². The standard InChI is InChI=1S/C31H30F2N8O4/c32-22-1-10-28(29(33)15-22)31(18-40-20-34-19-36-40)44-17-27(45-31)16-43-26-8-6-24(7-9-26)39-13-11-38(12-14-39)23-2-4-25(5-3-23)41-21-35-37-30(41)42/h1-10,15,19-21,27H,11-14,16-18H2,(H,37,42)/t27-,31-/m1/s1. The van der Waals surface area contributed by atoms with Crippen molar-refractivity contribution in [2.45, 2.75) is 18.4 Å². The summed E-state index contributed by atoms with van der Waals surface area (Å²) >= 11 is 0. The van der Waals surface area contributed by atoms with Gasteiger partial charge >= 0.3 is 5.69 Å². The molecule has 0 aliphatic carbocycles. The third-order valence-electron chi connectivity index (χ3n) is 8.00. The fraction of sp³-hybridized carbons (Fsp3) is 0.290. The van der Waals surface area contributed by atoms with E-state index in [2.05, 4.69) is 30.1 Å². The number of aromatic amines is 1. The van der Waals surface area contributed by atoms with E-state index in [9.17, 15) is 13.6 Å². The molecule has 0 saturated carbocycles. The second-order valence-corrected chi connectivity index (χ2v) is 10.8. The Morgan fingerprint density at radius 2 is 1.60 bits per heavy atom. The number of hydrogen-bond acceptors (Lipinski definition) is 9. The zero-order valence-electron chi connectivity index (χ0n) is 24.1. The number of benzene rings is 3. The SMILES string of the molecule is O=c1[nH]ncn1-c1ccc(N2CCN(c3ccc(OC[C@@H]4CO[C@@](Cn5cncn5)(c5ccc(F)cc5F)O4)cc3)CC2)cc1. The van der Waals surface area contributed by atoms with E-state index in [-0.39, 0.29) is 31.0 Å². The quantitative estimate of drug-likeness (QED) is 0.267. The molecule has 0 spiro atoms. The summed E-state index contributed by atoms with van der Waals surface area (Å²) < 4.78 is 49.6. The van der Waals surface area contributed by atoms with E-state index in [0.29, 0.717) is 5.75 Å². The van der Waals surface area contributed by atoms with E-state index < -0.39 is 23.5 Å². The van der Waals surface area contributed by atoms with Crippen LogP contribution in [0.4, 0.5) is 20.2 Å². The van der Waals surface area contributed by atoms with Gasteiger partial charge in [0.1, 0.15) is 55.6 Å². The Hall–Kier alpha value is -5.08. The molecule has 0 bridgehead atoms. The van der Waals surface area contributed by atoms with Crippen LogP contribution in [0.3, 0.4) is 0 Å². The molecule has 2 saturated heterocycles. The summed E-state index contributed by atoms with van der Waals surface area (Å²) in [5.41, 5.74) is 2.77. The molecule has 0 radical (unpaired) electrons. The maximum absolute atomic E-state index is 14.8. The van der Waals surface area contributed by atoms with Crippen molar-refractivity contribution in [2.24, 2.45) is 0 Å². The van der Waals surface area contributed by atoms with Crippen LogP contribution in [-0.4, -0.2) is 75.0 Å². The van der Waals surface area contributed by atoms with E-state index in [0.717, 1.165) is 49.3 Å². The summed E-state index contributed by atoms with van der Waals surface area (Å²) in [6.45, 7) is 3.77. The van der Waals surface area contributed by atoms with Crippen LogP contribution >= 0.6 is 0 Å².